The molecule has 0 fully saturated rings. The molecule has 0 saturated carbocycles. The average molecular weight is 392 g/mol. The Kier molecular flexibility index (Phi) is 4.66. The predicted molar refractivity (Wildman–Crippen MR) is 113 cm³/mol. The van der Waals surface area contributed by atoms with E-state index in [-0.39, 0.29) is 11.7 Å². The molecule has 2 aromatic carbocycles. The third-order valence-electron chi connectivity index (χ3n) is 5.18. The van der Waals surface area contributed by atoms with Crippen LogP contribution in [0.3, 0.4) is 0 Å². The SMILES string of the molecule is COc1cc(OC)cc(N2C(N)=C(c3nc4ccccc4[nH]3)C(=O)[C@@H]2C(C)C)c1. The summed E-state index contributed by atoms with van der Waals surface area (Å²) in [6, 6.07) is 12.7. The summed E-state index contributed by atoms with van der Waals surface area (Å²) in [7, 11) is 3.18. The fourth-order valence-electron chi connectivity index (χ4n) is 3.80. The molecule has 0 amide bonds. The van der Waals surface area contributed by atoms with Gasteiger partial charge in [0.05, 0.1) is 30.9 Å². The van der Waals surface area contributed by atoms with Crippen molar-refractivity contribution in [2.75, 3.05) is 19.1 Å². The molecule has 1 aliphatic rings. The molecule has 1 aliphatic heterocycles. The summed E-state index contributed by atoms with van der Waals surface area (Å²) in [6.07, 6.45) is 0. The van der Waals surface area contributed by atoms with Crippen LogP contribution in [0.5, 0.6) is 11.5 Å². The first-order chi connectivity index (χ1) is 13.9. The number of rotatable bonds is 5. The molecule has 0 spiro atoms. The lowest BCUT2D eigenvalue weighted by molar-refractivity contribution is -0.115. The van der Waals surface area contributed by atoms with Crippen LogP contribution in [0.1, 0.15) is 19.7 Å². The lowest BCUT2D eigenvalue weighted by Gasteiger charge is -2.30. The third kappa shape index (κ3) is 3.08. The van der Waals surface area contributed by atoms with Crippen molar-refractivity contribution in [3.63, 3.8) is 0 Å². The molecule has 0 radical (unpaired) electrons. The summed E-state index contributed by atoms with van der Waals surface area (Å²) in [5, 5.41) is 0. The van der Waals surface area contributed by atoms with Crippen molar-refractivity contribution < 1.29 is 14.3 Å². The van der Waals surface area contributed by atoms with Gasteiger partial charge in [0.1, 0.15) is 34.8 Å². The molecule has 4 rings (SSSR count). The third-order valence-corrected chi connectivity index (χ3v) is 5.18. The van der Waals surface area contributed by atoms with Gasteiger partial charge in [-0.15, -0.1) is 0 Å². The fraction of sp³-hybridized carbons (Fsp3) is 0.273. The number of H-pyrrole nitrogens is 1. The maximum Gasteiger partial charge on any atom is 0.193 e. The van der Waals surface area contributed by atoms with Crippen LogP contribution >= 0.6 is 0 Å². The summed E-state index contributed by atoms with van der Waals surface area (Å²) >= 11 is 0. The van der Waals surface area contributed by atoms with E-state index in [1.54, 1.807) is 20.3 Å². The van der Waals surface area contributed by atoms with Gasteiger partial charge in [-0.05, 0) is 18.1 Å². The number of nitrogens with two attached hydrogens (primary N) is 1. The molecule has 1 atom stereocenters. The van der Waals surface area contributed by atoms with E-state index in [1.165, 1.54) is 0 Å². The minimum absolute atomic E-state index is 0.0279. The number of anilines is 1. The quantitative estimate of drug-likeness (QED) is 0.692. The smallest absolute Gasteiger partial charge is 0.193 e. The van der Waals surface area contributed by atoms with Gasteiger partial charge in [-0.2, -0.15) is 0 Å². The minimum atomic E-state index is -0.449. The Morgan fingerprint density at radius 2 is 1.76 bits per heavy atom. The molecule has 29 heavy (non-hydrogen) atoms. The molecule has 1 aromatic heterocycles. The summed E-state index contributed by atoms with van der Waals surface area (Å²) < 4.78 is 10.8. The van der Waals surface area contributed by atoms with Gasteiger partial charge < -0.3 is 25.1 Å². The van der Waals surface area contributed by atoms with Crippen molar-refractivity contribution in [2.45, 2.75) is 19.9 Å². The Morgan fingerprint density at radius 1 is 1.10 bits per heavy atom. The number of benzene rings is 2. The van der Waals surface area contributed by atoms with E-state index in [1.807, 2.05) is 55.1 Å². The number of hydrogen-bond acceptors (Lipinski definition) is 6. The summed E-state index contributed by atoms with van der Waals surface area (Å²) in [5.41, 5.74) is 9.34. The molecule has 0 aliphatic carbocycles. The number of hydrogen-bond donors (Lipinski definition) is 2. The second-order valence-electron chi connectivity index (χ2n) is 7.36. The predicted octanol–water partition coefficient (Wildman–Crippen LogP) is 3.32. The van der Waals surface area contributed by atoms with E-state index < -0.39 is 6.04 Å². The van der Waals surface area contributed by atoms with Crippen LogP contribution < -0.4 is 20.1 Å². The zero-order chi connectivity index (χ0) is 20.7. The van der Waals surface area contributed by atoms with Crippen molar-refractivity contribution >= 4 is 28.1 Å². The fourth-order valence-corrected chi connectivity index (χ4v) is 3.80. The van der Waals surface area contributed by atoms with E-state index in [2.05, 4.69) is 9.97 Å². The number of ketones is 1. The molecule has 0 saturated heterocycles. The monoisotopic (exact) mass is 392 g/mol. The standard InChI is InChI=1S/C22H24N4O3/c1-12(2)19-20(27)18(22-24-16-7-5-6-8-17(16)25-22)21(23)26(19)13-9-14(28-3)11-15(10-13)29-4/h5-12,19H,23H2,1-4H3,(H,24,25)/t19-/m0/s1. The summed E-state index contributed by atoms with van der Waals surface area (Å²) in [6.45, 7) is 4.00. The van der Waals surface area contributed by atoms with Crippen LogP contribution in [-0.2, 0) is 4.79 Å². The van der Waals surface area contributed by atoms with Crippen molar-refractivity contribution in [2.24, 2.45) is 11.7 Å². The van der Waals surface area contributed by atoms with Crippen molar-refractivity contribution in [1.29, 1.82) is 0 Å². The van der Waals surface area contributed by atoms with Gasteiger partial charge in [0.2, 0.25) is 0 Å². The summed E-state index contributed by atoms with van der Waals surface area (Å²) in [4.78, 5) is 23.1. The van der Waals surface area contributed by atoms with Gasteiger partial charge in [-0.1, -0.05) is 26.0 Å². The molecule has 2 heterocycles. The second kappa shape index (κ2) is 7.16. The number of methoxy groups -OCH3 is 2. The molecule has 3 N–H and O–H groups in total. The highest BCUT2D eigenvalue weighted by Crippen LogP contribution is 2.39. The van der Waals surface area contributed by atoms with Crippen LogP contribution in [0.2, 0.25) is 0 Å². The minimum Gasteiger partial charge on any atom is -0.497 e. The first kappa shape index (κ1) is 18.9. The molecule has 0 bridgehead atoms. The first-order valence-corrected chi connectivity index (χ1v) is 9.46. The van der Waals surface area contributed by atoms with E-state index in [0.717, 1.165) is 16.7 Å². The number of carbonyl (C=O) groups is 1. The summed E-state index contributed by atoms with van der Waals surface area (Å²) in [5.74, 6) is 2.07. The Hall–Kier alpha value is -3.48. The highest BCUT2D eigenvalue weighted by Gasteiger charge is 2.43. The lowest BCUT2D eigenvalue weighted by Crippen LogP contribution is -2.40. The number of aromatic amines is 1. The normalized spacial score (nSPS) is 16.9. The number of imidazole rings is 1. The zero-order valence-electron chi connectivity index (χ0n) is 16.9. The van der Waals surface area contributed by atoms with Gasteiger partial charge in [-0.3, -0.25) is 4.79 Å². The first-order valence-electron chi connectivity index (χ1n) is 9.46. The van der Waals surface area contributed by atoms with Crippen LogP contribution in [0.25, 0.3) is 16.6 Å². The van der Waals surface area contributed by atoms with Gasteiger partial charge in [-0.25, -0.2) is 4.98 Å². The number of nitrogens with one attached hydrogen (secondary N) is 1. The van der Waals surface area contributed by atoms with E-state index in [4.69, 9.17) is 15.2 Å². The van der Waals surface area contributed by atoms with Crippen LogP contribution in [0.15, 0.2) is 48.3 Å². The van der Waals surface area contributed by atoms with Gasteiger partial charge in [0.15, 0.2) is 5.78 Å². The number of carbonyl (C=O) groups excluding carboxylic acids is 1. The van der Waals surface area contributed by atoms with E-state index in [9.17, 15) is 4.79 Å². The largest absolute Gasteiger partial charge is 0.497 e. The van der Waals surface area contributed by atoms with Crippen LogP contribution in [0.4, 0.5) is 5.69 Å². The molecular weight excluding hydrogens is 368 g/mol. The van der Waals surface area contributed by atoms with Crippen LogP contribution in [-0.4, -0.2) is 36.0 Å². The molecule has 150 valence electrons. The molecular formula is C22H24N4O3. The molecule has 0 unspecified atom stereocenters. The Labute approximate surface area is 169 Å². The number of fused-ring (bicyclic) bond motifs is 1. The van der Waals surface area contributed by atoms with Crippen molar-refractivity contribution in [3.8, 4) is 11.5 Å². The maximum absolute atomic E-state index is 13.4. The highest BCUT2D eigenvalue weighted by molar-refractivity contribution is 6.28. The van der Waals surface area contributed by atoms with Gasteiger partial charge in [0.25, 0.3) is 0 Å². The zero-order valence-corrected chi connectivity index (χ0v) is 16.9. The Bertz CT molecular complexity index is 1060. The number of para-hydroxylation sites is 2. The van der Waals surface area contributed by atoms with E-state index in [0.29, 0.717) is 28.7 Å². The van der Waals surface area contributed by atoms with Gasteiger partial charge >= 0.3 is 0 Å². The number of ether oxygens (including phenoxy) is 2. The second-order valence-corrected chi connectivity index (χ2v) is 7.36. The van der Waals surface area contributed by atoms with Crippen LogP contribution in [0, 0.1) is 5.92 Å². The molecule has 3 aromatic rings. The number of aromatic nitrogens is 2. The Balaban J connectivity index is 1.89. The lowest BCUT2D eigenvalue weighted by atomic mass is 9.97. The number of Topliss-reactive ketones (excluding diaryl/α,β-unsaturated/α-hetero) is 1. The average Bonchev–Trinajstić information content (AvgIpc) is 3.25. The topological polar surface area (TPSA) is 93.5 Å². The van der Waals surface area contributed by atoms with Crippen molar-refractivity contribution in [1.82, 2.24) is 9.97 Å². The molecule has 7 heteroatoms. The van der Waals surface area contributed by atoms with E-state index >= 15 is 0 Å². The van der Waals surface area contributed by atoms with Crippen molar-refractivity contribution in [3.05, 3.63) is 54.1 Å². The highest BCUT2D eigenvalue weighted by atomic mass is 16.5. The molecule has 7 nitrogen and oxygen atoms in total. The van der Waals surface area contributed by atoms with Gasteiger partial charge in [0, 0.05) is 18.2 Å². The maximum atomic E-state index is 13.4. The Morgan fingerprint density at radius 3 is 2.34 bits per heavy atom. The number of nitrogens with zero attached hydrogens (tertiary/aromatic N) is 2.